The van der Waals surface area contributed by atoms with Crippen LogP contribution in [0.3, 0.4) is 0 Å². The van der Waals surface area contributed by atoms with Gasteiger partial charge in [0.25, 0.3) is 0 Å². The third-order valence-corrected chi connectivity index (χ3v) is 4.00. The molecule has 1 N–H and O–H groups in total. The molecule has 136 valence electrons. The van der Waals surface area contributed by atoms with Crippen LogP contribution in [0.25, 0.3) is 0 Å². The molecule has 0 atom stereocenters. The van der Waals surface area contributed by atoms with Crippen LogP contribution in [-0.4, -0.2) is 21.9 Å². The molecule has 6 heteroatoms. The molecule has 1 heterocycles. The van der Waals surface area contributed by atoms with Gasteiger partial charge in [-0.3, -0.25) is 14.4 Å². The normalized spacial score (nSPS) is 10.6. The Bertz CT molecular complexity index is 957. The van der Waals surface area contributed by atoms with Gasteiger partial charge in [0, 0.05) is 6.07 Å². The highest BCUT2D eigenvalue weighted by Crippen LogP contribution is 2.27. The van der Waals surface area contributed by atoms with Crippen LogP contribution >= 0.6 is 0 Å². The first-order valence-electron chi connectivity index (χ1n) is 8.26. The Labute approximate surface area is 155 Å². The Kier molecular flexibility index (Phi) is 5.47. The molecule has 0 unspecified atom stereocenters. The van der Waals surface area contributed by atoms with Gasteiger partial charge in [-0.05, 0) is 11.1 Å². The van der Waals surface area contributed by atoms with Gasteiger partial charge in [-0.1, -0.05) is 60.7 Å². The smallest absolute Gasteiger partial charge is 0.323 e. The zero-order chi connectivity index (χ0) is 19.2. The zero-order valence-electron chi connectivity index (χ0n) is 14.3. The van der Waals surface area contributed by atoms with Crippen molar-refractivity contribution >= 4 is 12.3 Å². The lowest BCUT2D eigenvalue weighted by Crippen LogP contribution is -2.20. The Balaban J connectivity index is 2.05. The lowest BCUT2D eigenvalue weighted by molar-refractivity contribution is -0.137. The number of aromatic nitrogens is 1. The van der Waals surface area contributed by atoms with Crippen LogP contribution in [0.2, 0.25) is 0 Å². The third-order valence-electron chi connectivity index (χ3n) is 4.00. The second-order valence-electron chi connectivity index (χ2n) is 5.89. The highest BCUT2D eigenvalue weighted by atomic mass is 16.5. The molecule has 0 spiro atoms. The number of carbonyl (C=O) groups is 2. The fraction of sp³-hybridized carbons (Fsp3) is 0.0952. The minimum atomic E-state index is -1.13. The van der Waals surface area contributed by atoms with E-state index in [1.165, 1.54) is 10.8 Å². The van der Waals surface area contributed by atoms with E-state index >= 15 is 0 Å². The predicted molar refractivity (Wildman–Crippen MR) is 99.1 cm³/mol. The maximum absolute atomic E-state index is 12.4. The second-order valence-corrected chi connectivity index (χ2v) is 5.89. The summed E-state index contributed by atoms with van der Waals surface area (Å²) in [5, 5.41) is 9.03. The van der Waals surface area contributed by atoms with Gasteiger partial charge in [0.15, 0.2) is 12.0 Å². The number of carbonyl (C=O) groups excluding carboxylic acids is 1. The van der Waals surface area contributed by atoms with Gasteiger partial charge >= 0.3 is 5.97 Å². The van der Waals surface area contributed by atoms with Crippen molar-refractivity contribution < 1.29 is 19.4 Å². The van der Waals surface area contributed by atoms with Crippen molar-refractivity contribution in [1.29, 1.82) is 0 Å². The molecule has 0 aliphatic rings. The van der Waals surface area contributed by atoms with Gasteiger partial charge < -0.3 is 14.4 Å². The Morgan fingerprint density at radius 3 is 2.07 bits per heavy atom. The summed E-state index contributed by atoms with van der Waals surface area (Å²) in [6, 6.07) is 19.8. The summed E-state index contributed by atoms with van der Waals surface area (Å²) in [4.78, 5) is 34.6. The van der Waals surface area contributed by atoms with E-state index in [0.717, 1.165) is 17.2 Å². The minimum Gasteiger partial charge on any atom is -0.480 e. The average Bonchev–Trinajstić information content (AvgIpc) is 2.69. The van der Waals surface area contributed by atoms with Gasteiger partial charge in [-0.2, -0.15) is 0 Å². The molecule has 1 aromatic heterocycles. The van der Waals surface area contributed by atoms with Crippen molar-refractivity contribution in [3.05, 3.63) is 100.0 Å². The molecule has 0 radical (unpaired) electrons. The Hall–Kier alpha value is -3.67. The minimum absolute atomic E-state index is 0.0225. The van der Waals surface area contributed by atoms with Gasteiger partial charge in [0.05, 0.1) is 11.9 Å². The summed E-state index contributed by atoms with van der Waals surface area (Å²) in [6.45, 7) is -0.452. The number of carboxylic acids is 1. The van der Waals surface area contributed by atoms with E-state index in [0.29, 0.717) is 6.29 Å². The number of pyridine rings is 1. The molecule has 0 aliphatic heterocycles. The largest absolute Gasteiger partial charge is 0.480 e. The Morgan fingerprint density at radius 1 is 1.04 bits per heavy atom. The van der Waals surface area contributed by atoms with Crippen molar-refractivity contribution in [2.75, 3.05) is 0 Å². The predicted octanol–water partition coefficient (Wildman–Crippen LogP) is 2.91. The van der Waals surface area contributed by atoms with Crippen molar-refractivity contribution in [2.24, 2.45) is 0 Å². The van der Waals surface area contributed by atoms with Crippen molar-refractivity contribution in [3.63, 3.8) is 0 Å². The molecule has 0 fully saturated rings. The van der Waals surface area contributed by atoms with Crippen LogP contribution < -0.4 is 10.2 Å². The molecule has 0 amide bonds. The first-order valence-corrected chi connectivity index (χ1v) is 8.26. The van der Waals surface area contributed by atoms with Gasteiger partial charge in [-0.15, -0.1) is 0 Å². The number of hydrogen-bond donors (Lipinski definition) is 1. The van der Waals surface area contributed by atoms with E-state index in [2.05, 4.69) is 0 Å². The molecule has 6 nitrogen and oxygen atoms in total. The monoisotopic (exact) mass is 363 g/mol. The van der Waals surface area contributed by atoms with E-state index in [-0.39, 0.29) is 11.4 Å². The maximum atomic E-state index is 12.4. The number of hydrogen-bond acceptors (Lipinski definition) is 4. The summed E-state index contributed by atoms with van der Waals surface area (Å²) in [5.41, 5.74) is 1.17. The van der Waals surface area contributed by atoms with Gasteiger partial charge in [0.1, 0.15) is 12.6 Å². The highest BCUT2D eigenvalue weighted by Gasteiger charge is 2.18. The van der Waals surface area contributed by atoms with E-state index in [4.69, 9.17) is 9.84 Å². The summed E-state index contributed by atoms with van der Waals surface area (Å²) in [6.07, 6.45) is 1.15. The molecule has 27 heavy (non-hydrogen) atoms. The summed E-state index contributed by atoms with van der Waals surface area (Å²) < 4.78 is 7.18. The molecule has 3 aromatic rings. The zero-order valence-corrected chi connectivity index (χ0v) is 14.3. The SMILES string of the molecule is O=Cc1cc(=O)c(OC(c2ccccc2)c2ccccc2)cn1CC(=O)O. The first kappa shape index (κ1) is 18.1. The van der Waals surface area contributed by atoms with Gasteiger partial charge in [-0.25, -0.2) is 0 Å². The molecule has 0 saturated carbocycles. The van der Waals surface area contributed by atoms with Crippen LogP contribution in [0.5, 0.6) is 5.75 Å². The number of carboxylic acid groups (broad SMARTS) is 1. The molecule has 0 bridgehead atoms. The van der Waals surface area contributed by atoms with Crippen LogP contribution in [0.1, 0.15) is 27.7 Å². The number of rotatable bonds is 7. The maximum Gasteiger partial charge on any atom is 0.323 e. The molecule has 2 aromatic carbocycles. The molecule has 3 rings (SSSR count). The second kappa shape index (κ2) is 8.14. The summed E-state index contributed by atoms with van der Waals surface area (Å²) >= 11 is 0. The van der Waals surface area contributed by atoms with Gasteiger partial charge in [0.2, 0.25) is 5.43 Å². The van der Waals surface area contributed by atoms with Crippen LogP contribution in [0, 0.1) is 0 Å². The lowest BCUT2D eigenvalue weighted by Gasteiger charge is -2.20. The molecular weight excluding hydrogens is 346 g/mol. The van der Waals surface area contributed by atoms with E-state index < -0.39 is 24.0 Å². The fourth-order valence-electron chi connectivity index (χ4n) is 2.75. The number of aldehydes is 1. The van der Waals surface area contributed by atoms with Crippen molar-refractivity contribution in [3.8, 4) is 5.75 Å². The third kappa shape index (κ3) is 4.30. The molecular formula is C21H17NO5. The van der Waals surface area contributed by atoms with Crippen LogP contribution in [-0.2, 0) is 11.3 Å². The Morgan fingerprint density at radius 2 is 1.59 bits per heavy atom. The summed E-state index contributed by atoms with van der Waals surface area (Å²) in [7, 11) is 0. The first-order chi connectivity index (χ1) is 13.1. The quantitative estimate of drug-likeness (QED) is 0.653. The van der Waals surface area contributed by atoms with E-state index in [1.807, 2.05) is 60.7 Å². The lowest BCUT2D eigenvalue weighted by atomic mass is 10.0. The van der Waals surface area contributed by atoms with Crippen molar-refractivity contribution in [1.82, 2.24) is 4.57 Å². The van der Waals surface area contributed by atoms with Crippen LogP contribution in [0.4, 0.5) is 0 Å². The van der Waals surface area contributed by atoms with Crippen molar-refractivity contribution in [2.45, 2.75) is 12.6 Å². The fourth-order valence-corrected chi connectivity index (χ4v) is 2.75. The summed E-state index contributed by atoms with van der Waals surface area (Å²) in [5.74, 6) is -1.16. The number of ether oxygens (including phenoxy) is 1. The topological polar surface area (TPSA) is 85.6 Å². The van der Waals surface area contributed by atoms with E-state index in [9.17, 15) is 14.4 Å². The highest BCUT2D eigenvalue weighted by molar-refractivity contribution is 5.74. The standard InChI is InChI=1S/C21H17NO5/c23-14-17-11-18(24)19(12-22(17)13-20(25)26)27-21(15-7-3-1-4-8-15)16-9-5-2-6-10-16/h1-12,14,21H,13H2,(H,25,26). The van der Waals surface area contributed by atoms with E-state index in [1.54, 1.807) is 0 Å². The average molecular weight is 363 g/mol. The number of benzene rings is 2. The molecule has 0 saturated heterocycles. The number of aliphatic carboxylic acids is 1. The van der Waals surface area contributed by atoms with Crippen LogP contribution in [0.15, 0.2) is 77.7 Å². The molecule has 0 aliphatic carbocycles. The number of nitrogens with zero attached hydrogens (tertiary/aromatic N) is 1.